The molecule has 0 unspecified atom stereocenters. The predicted octanol–water partition coefficient (Wildman–Crippen LogP) is 1.36. The fourth-order valence-corrected chi connectivity index (χ4v) is 2.54. The number of carbonyl (C=O) groups is 1. The average molecular weight is 295 g/mol. The summed E-state index contributed by atoms with van der Waals surface area (Å²) in [6.07, 6.45) is 3.43. The maximum Gasteiger partial charge on any atom is 0.313 e. The number of nitrogens with zero attached hydrogens (tertiary/aromatic N) is 5. The van der Waals surface area contributed by atoms with Gasteiger partial charge in [-0.15, -0.1) is 0 Å². The van der Waals surface area contributed by atoms with E-state index in [0.29, 0.717) is 23.4 Å². The van der Waals surface area contributed by atoms with E-state index in [4.69, 9.17) is 5.11 Å². The van der Waals surface area contributed by atoms with Gasteiger partial charge in [-0.1, -0.05) is 25.6 Å². The highest BCUT2D eigenvalue weighted by atomic mass is 32.2. The Morgan fingerprint density at radius 2 is 2.20 bits per heavy atom. The molecule has 2 rings (SSSR count). The number of aryl methyl sites for hydroxylation is 1. The molecule has 1 N–H and O–H groups in total. The minimum absolute atomic E-state index is 0.00973. The van der Waals surface area contributed by atoms with Crippen molar-refractivity contribution in [2.24, 2.45) is 7.05 Å². The first kappa shape index (κ1) is 14.6. The van der Waals surface area contributed by atoms with Crippen LogP contribution in [0.3, 0.4) is 0 Å². The van der Waals surface area contributed by atoms with Crippen molar-refractivity contribution in [2.45, 2.75) is 31.5 Å². The minimum atomic E-state index is -0.855. The molecule has 0 aliphatic carbocycles. The number of thioether (sulfide) groups is 1. The molecular weight excluding hydrogens is 278 g/mol. The fraction of sp³-hybridized carbons (Fsp3) is 0.500. The van der Waals surface area contributed by atoms with Crippen LogP contribution in [0.5, 0.6) is 0 Å². The first-order valence-corrected chi connectivity index (χ1v) is 7.20. The van der Waals surface area contributed by atoms with Gasteiger partial charge in [-0.05, 0) is 5.92 Å². The Hall–Kier alpha value is -1.83. The first-order valence-electron chi connectivity index (χ1n) is 6.22. The van der Waals surface area contributed by atoms with Crippen molar-refractivity contribution < 1.29 is 9.90 Å². The standard InChI is InChI=1S/C12H17N5O2S/c1-8(2)9-4-13-12(20-6-11(18)19)17(9)5-10-14-7-16(3)15-10/h4,7-8H,5-6H2,1-3H3,(H,18,19). The zero-order chi connectivity index (χ0) is 14.7. The molecule has 2 aromatic heterocycles. The fourth-order valence-electron chi connectivity index (χ4n) is 1.83. The van der Waals surface area contributed by atoms with Gasteiger partial charge in [0.1, 0.15) is 6.33 Å². The molecule has 2 aromatic rings. The van der Waals surface area contributed by atoms with E-state index < -0.39 is 5.97 Å². The van der Waals surface area contributed by atoms with E-state index in [2.05, 4.69) is 28.9 Å². The van der Waals surface area contributed by atoms with Crippen LogP contribution in [0.2, 0.25) is 0 Å². The van der Waals surface area contributed by atoms with Crippen LogP contribution in [0.1, 0.15) is 31.3 Å². The highest BCUT2D eigenvalue weighted by Gasteiger charge is 2.16. The Morgan fingerprint density at radius 1 is 1.45 bits per heavy atom. The van der Waals surface area contributed by atoms with Crippen LogP contribution in [-0.4, -0.2) is 41.1 Å². The Kier molecular flexibility index (Phi) is 4.43. The number of rotatable bonds is 6. The summed E-state index contributed by atoms with van der Waals surface area (Å²) >= 11 is 1.21. The quantitative estimate of drug-likeness (QED) is 0.810. The van der Waals surface area contributed by atoms with Gasteiger partial charge in [0, 0.05) is 18.9 Å². The van der Waals surface area contributed by atoms with Crippen molar-refractivity contribution in [3.63, 3.8) is 0 Å². The number of aromatic nitrogens is 5. The number of carboxylic acids is 1. The molecule has 0 amide bonds. The van der Waals surface area contributed by atoms with Crippen molar-refractivity contribution in [2.75, 3.05) is 5.75 Å². The molecule has 20 heavy (non-hydrogen) atoms. The van der Waals surface area contributed by atoms with E-state index in [1.54, 1.807) is 17.2 Å². The van der Waals surface area contributed by atoms with Crippen LogP contribution >= 0.6 is 11.8 Å². The maximum absolute atomic E-state index is 10.7. The highest BCUT2D eigenvalue weighted by Crippen LogP contribution is 2.24. The third-order valence-corrected chi connectivity index (χ3v) is 3.69. The summed E-state index contributed by atoms with van der Waals surface area (Å²) in [7, 11) is 1.81. The van der Waals surface area contributed by atoms with Gasteiger partial charge in [0.05, 0.1) is 12.3 Å². The summed E-state index contributed by atoms with van der Waals surface area (Å²) in [5.74, 6) is 0.117. The predicted molar refractivity (Wildman–Crippen MR) is 74.8 cm³/mol. The van der Waals surface area contributed by atoms with Gasteiger partial charge in [-0.3, -0.25) is 9.48 Å². The summed E-state index contributed by atoms with van der Waals surface area (Å²) < 4.78 is 3.62. The Bertz CT molecular complexity index is 605. The van der Waals surface area contributed by atoms with E-state index >= 15 is 0 Å². The molecule has 0 atom stereocenters. The first-order chi connectivity index (χ1) is 9.47. The van der Waals surface area contributed by atoms with Gasteiger partial charge in [-0.25, -0.2) is 9.97 Å². The molecule has 0 bridgehead atoms. The molecular formula is C12H17N5O2S. The molecule has 0 radical (unpaired) electrons. The second kappa shape index (κ2) is 6.08. The second-order valence-electron chi connectivity index (χ2n) is 4.72. The molecule has 0 aromatic carbocycles. The van der Waals surface area contributed by atoms with Crippen LogP contribution in [0, 0.1) is 0 Å². The molecule has 7 nitrogen and oxygen atoms in total. The van der Waals surface area contributed by atoms with Crippen LogP contribution in [-0.2, 0) is 18.4 Å². The maximum atomic E-state index is 10.7. The van der Waals surface area contributed by atoms with Crippen molar-refractivity contribution in [3.8, 4) is 0 Å². The molecule has 0 saturated carbocycles. The molecule has 108 valence electrons. The Morgan fingerprint density at radius 3 is 2.75 bits per heavy atom. The Labute approximate surface area is 121 Å². The second-order valence-corrected chi connectivity index (χ2v) is 5.67. The van der Waals surface area contributed by atoms with Gasteiger partial charge in [0.2, 0.25) is 0 Å². The van der Waals surface area contributed by atoms with Crippen molar-refractivity contribution in [1.29, 1.82) is 0 Å². The van der Waals surface area contributed by atoms with E-state index in [9.17, 15) is 4.79 Å². The van der Waals surface area contributed by atoms with E-state index in [-0.39, 0.29) is 5.75 Å². The van der Waals surface area contributed by atoms with Gasteiger partial charge < -0.3 is 9.67 Å². The lowest BCUT2D eigenvalue weighted by Crippen LogP contribution is -2.10. The summed E-state index contributed by atoms with van der Waals surface area (Å²) in [4.78, 5) is 19.2. The van der Waals surface area contributed by atoms with Crippen LogP contribution in [0.15, 0.2) is 17.7 Å². The monoisotopic (exact) mass is 295 g/mol. The summed E-state index contributed by atoms with van der Waals surface area (Å²) in [6, 6.07) is 0. The molecule has 0 spiro atoms. The van der Waals surface area contributed by atoms with Gasteiger partial charge in [0.25, 0.3) is 0 Å². The van der Waals surface area contributed by atoms with Gasteiger partial charge in [-0.2, -0.15) is 5.10 Å². The largest absolute Gasteiger partial charge is 0.481 e. The SMILES string of the molecule is CC(C)c1cnc(SCC(=O)O)n1Cc1ncn(C)n1. The summed E-state index contributed by atoms with van der Waals surface area (Å²) in [6.45, 7) is 4.65. The van der Waals surface area contributed by atoms with E-state index in [1.165, 1.54) is 11.8 Å². The topological polar surface area (TPSA) is 85.8 Å². The molecule has 2 heterocycles. The van der Waals surface area contributed by atoms with Crippen molar-refractivity contribution >= 4 is 17.7 Å². The molecule has 0 fully saturated rings. The molecule has 0 saturated heterocycles. The smallest absolute Gasteiger partial charge is 0.313 e. The average Bonchev–Trinajstić information content (AvgIpc) is 2.94. The molecule has 8 heteroatoms. The summed E-state index contributed by atoms with van der Waals surface area (Å²) in [5, 5.41) is 13.7. The summed E-state index contributed by atoms with van der Waals surface area (Å²) in [5.41, 5.74) is 1.05. The molecule has 0 aliphatic heterocycles. The van der Waals surface area contributed by atoms with E-state index in [1.807, 2.05) is 11.6 Å². The number of hydrogen-bond donors (Lipinski definition) is 1. The zero-order valence-electron chi connectivity index (χ0n) is 11.6. The van der Waals surface area contributed by atoms with Crippen molar-refractivity contribution in [3.05, 3.63) is 24.0 Å². The lowest BCUT2D eigenvalue weighted by molar-refractivity contribution is -0.133. The number of carboxylic acid groups (broad SMARTS) is 1. The molecule has 0 aliphatic rings. The van der Waals surface area contributed by atoms with Crippen LogP contribution in [0.25, 0.3) is 0 Å². The third kappa shape index (κ3) is 3.38. The van der Waals surface area contributed by atoms with E-state index in [0.717, 1.165) is 5.69 Å². The van der Waals surface area contributed by atoms with Crippen molar-refractivity contribution in [1.82, 2.24) is 24.3 Å². The highest BCUT2D eigenvalue weighted by molar-refractivity contribution is 7.99. The minimum Gasteiger partial charge on any atom is -0.481 e. The third-order valence-electron chi connectivity index (χ3n) is 2.71. The number of imidazole rings is 1. The number of hydrogen-bond acceptors (Lipinski definition) is 5. The van der Waals surface area contributed by atoms with Crippen LogP contribution in [0.4, 0.5) is 0 Å². The normalized spacial score (nSPS) is 11.2. The Balaban J connectivity index is 2.26. The van der Waals surface area contributed by atoms with Gasteiger partial charge in [0.15, 0.2) is 11.0 Å². The number of aliphatic carboxylic acids is 1. The van der Waals surface area contributed by atoms with Crippen LogP contribution < -0.4 is 0 Å². The lowest BCUT2D eigenvalue weighted by atomic mass is 10.1. The lowest BCUT2D eigenvalue weighted by Gasteiger charge is -2.11. The zero-order valence-corrected chi connectivity index (χ0v) is 12.5. The van der Waals surface area contributed by atoms with Gasteiger partial charge >= 0.3 is 5.97 Å².